The van der Waals surface area contributed by atoms with Crippen LogP contribution in [0.2, 0.25) is 0 Å². The maximum atomic E-state index is 10.3. The SMILES string of the molecule is CC(=CC(O)CC(C)O)C(=O)O. The van der Waals surface area contributed by atoms with Crippen molar-refractivity contribution >= 4 is 5.97 Å². The lowest BCUT2D eigenvalue weighted by Crippen LogP contribution is -2.13. The molecule has 0 aliphatic rings. The van der Waals surface area contributed by atoms with Gasteiger partial charge >= 0.3 is 5.97 Å². The molecule has 12 heavy (non-hydrogen) atoms. The Balaban J connectivity index is 4.05. The summed E-state index contributed by atoms with van der Waals surface area (Å²) in [5, 5.41) is 26.4. The van der Waals surface area contributed by atoms with Crippen molar-refractivity contribution in [3.05, 3.63) is 11.6 Å². The monoisotopic (exact) mass is 174 g/mol. The van der Waals surface area contributed by atoms with E-state index in [1.807, 2.05) is 0 Å². The van der Waals surface area contributed by atoms with Gasteiger partial charge in [-0.2, -0.15) is 0 Å². The van der Waals surface area contributed by atoms with E-state index < -0.39 is 18.2 Å². The zero-order valence-corrected chi connectivity index (χ0v) is 7.19. The smallest absolute Gasteiger partial charge is 0.331 e. The molecule has 0 aliphatic heterocycles. The Morgan fingerprint density at radius 1 is 1.50 bits per heavy atom. The van der Waals surface area contributed by atoms with Gasteiger partial charge in [0, 0.05) is 12.0 Å². The van der Waals surface area contributed by atoms with Crippen LogP contribution in [0.4, 0.5) is 0 Å². The lowest BCUT2D eigenvalue weighted by Gasteiger charge is -2.07. The van der Waals surface area contributed by atoms with E-state index in [9.17, 15) is 4.79 Å². The largest absolute Gasteiger partial charge is 0.478 e. The fraction of sp³-hybridized carbons (Fsp3) is 0.625. The van der Waals surface area contributed by atoms with E-state index in [-0.39, 0.29) is 12.0 Å². The van der Waals surface area contributed by atoms with E-state index in [4.69, 9.17) is 15.3 Å². The number of carbonyl (C=O) groups is 1. The molecule has 0 aromatic heterocycles. The van der Waals surface area contributed by atoms with Crippen LogP contribution in [0.25, 0.3) is 0 Å². The van der Waals surface area contributed by atoms with Crippen molar-refractivity contribution in [3.8, 4) is 0 Å². The number of hydrogen-bond acceptors (Lipinski definition) is 3. The van der Waals surface area contributed by atoms with Crippen molar-refractivity contribution in [1.82, 2.24) is 0 Å². The summed E-state index contributed by atoms with van der Waals surface area (Å²) < 4.78 is 0. The molecule has 0 fully saturated rings. The first kappa shape index (κ1) is 11.1. The minimum atomic E-state index is -1.06. The van der Waals surface area contributed by atoms with Gasteiger partial charge in [0.15, 0.2) is 0 Å². The Hall–Kier alpha value is -0.870. The maximum absolute atomic E-state index is 10.3. The molecule has 0 aliphatic carbocycles. The normalized spacial score (nSPS) is 17.2. The zero-order chi connectivity index (χ0) is 9.72. The first-order valence-corrected chi connectivity index (χ1v) is 3.71. The molecular formula is C8H14O4. The number of aliphatic hydroxyl groups excluding tert-OH is 2. The molecule has 0 amide bonds. The third kappa shape index (κ3) is 4.87. The Kier molecular flexibility index (Phi) is 4.54. The van der Waals surface area contributed by atoms with Gasteiger partial charge in [-0.05, 0) is 19.9 Å². The highest BCUT2D eigenvalue weighted by atomic mass is 16.4. The number of carboxylic acid groups (broad SMARTS) is 1. The van der Waals surface area contributed by atoms with Crippen molar-refractivity contribution in [2.45, 2.75) is 32.5 Å². The highest BCUT2D eigenvalue weighted by molar-refractivity contribution is 5.85. The highest BCUT2D eigenvalue weighted by Crippen LogP contribution is 2.02. The predicted molar refractivity (Wildman–Crippen MR) is 43.7 cm³/mol. The molecule has 0 bridgehead atoms. The minimum absolute atomic E-state index is 0.0863. The second-order valence-electron chi connectivity index (χ2n) is 2.81. The van der Waals surface area contributed by atoms with Crippen molar-refractivity contribution in [2.24, 2.45) is 0 Å². The molecule has 0 radical (unpaired) electrons. The van der Waals surface area contributed by atoms with Crippen LogP contribution in [-0.2, 0) is 4.79 Å². The van der Waals surface area contributed by atoms with Gasteiger partial charge in [0.25, 0.3) is 0 Å². The standard InChI is InChI=1S/C8H14O4/c1-5(8(11)12)3-7(10)4-6(2)9/h3,6-7,9-10H,4H2,1-2H3,(H,11,12). The van der Waals surface area contributed by atoms with Crippen molar-refractivity contribution in [1.29, 1.82) is 0 Å². The minimum Gasteiger partial charge on any atom is -0.478 e. The molecule has 0 aromatic carbocycles. The van der Waals surface area contributed by atoms with Crippen LogP contribution in [0, 0.1) is 0 Å². The van der Waals surface area contributed by atoms with E-state index in [0.717, 1.165) is 0 Å². The Labute approximate surface area is 71.1 Å². The zero-order valence-electron chi connectivity index (χ0n) is 7.19. The van der Waals surface area contributed by atoms with Gasteiger partial charge in [0.05, 0.1) is 12.2 Å². The molecular weight excluding hydrogens is 160 g/mol. The molecule has 3 N–H and O–H groups in total. The van der Waals surface area contributed by atoms with Gasteiger partial charge in [-0.15, -0.1) is 0 Å². The summed E-state index contributed by atoms with van der Waals surface area (Å²) in [7, 11) is 0. The topological polar surface area (TPSA) is 77.8 Å². The van der Waals surface area contributed by atoms with Gasteiger partial charge in [0.2, 0.25) is 0 Å². The van der Waals surface area contributed by atoms with Crippen LogP contribution in [0.3, 0.4) is 0 Å². The Bertz CT molecular complexity index is 183. The number of aliphatic carboxylic acids is 1. The highest BCUT2D eigenvalue weighted by Gasteiger charge is 2.07. The summed E-state index contributed by atoms with van der Waals surface area (Å²) in [4.78, 5) is 10.3. The van der Waals surface area contributed by atoms with Crippen LogP contribution in [0.1, 0.15) is 20.3 Å². The van der Waals surface area contributed by atoms with Crippen LogP contribution < -0.4 is 0 Å². The predicted octanol–water partition coefficient (Wildman–Crippen LogP) is 0.149. The Morgan fingerprint density at radius 2 is 2.00 bits per heavy atom. The number of aliphatic hydroxyl groups is 2. The first-order valence-electron chi connectivity index (χ1n) is 3.71. The average Bonchev–Trinajstić information content (AvgIpc) is 1.84. The second kappa shape index (κ2) is 4.90. The molecule has 2 unspecified atom stereocenters. The molecule has 70 valence electrons. The van der Waals surface area contributed by atoms with Crippen molar-refractivity contribution < 1.29 is 20.1 Å². The third-order valence-corrected chi connectivity index (χ3v) is 1.36. The quantitative estimate of drug-likeness (QED) is 0.530. The van der Waals surface area contributed by atoms with Gasteiger partial charge in [0.1, 0.15) is 0 Å². The van der Waals surface area contributed by atoms with E-state index in [0.29, 0.717) is 0 Å². The molecule has 0 spiro atoms. The summed E-state index contributed by atoms with van der Waals surface area (Å²) in [6.45, 7) is 2.93. The number of hydrogen-bond donors (Lipinski definition) is 3. The lowest BCUT2D eigenvalue weighted by molar-refractivity contribution is -0.132. The average molecular weight is 174 g/mol. The van der Waals surface area contributed by atoms with Gasteiger partial charge in [-0.1, -0.05) is 0 Å². The number of rotatable bonds is 4. The van der Waals surface area contributed by atoms with E-state index in [2.05, 4.69) is 0 Å². The van der Waals surface area contributed by atoms with E-state index >= 15 is 0 Å². The van der Waals surface area contributed by atoms with Crippen LogP contribution in [0.15, 0.2) is 11.6 Å². The second-order valence-corrected chi connectivity index (χ2v) is 2.81. The Morgan fingerprint density at radius 3 is 2.33 bits per heavy atom. The van der Waals surface area contributed by atoms with Crippen LogP contribution >= 0.6 is 0 Å². The van der Waals surface area contributed by atoms with Crippen LogP contribution in [0.5, 0.6) is 0 Å². The summed E-state index contributed by atoms with van der Waals surface area (Å²) in [5.74, 6) is -1.06. The van der Waals surface area contributed by atoms with Gasteiger partial charge < -0.3 is 15.3 Å². The molecule has 0 rings (SSSR count). The van der Waals surface area contributed by atoms with E-state index in [1.165, 1.54) is 19.9 Å². The molecule has 0 saturated carbocycles. The van der Waals surface area contributed by atoms with Crippen molar-refractivity contribution in [3.63, 3.8) is 0 Å². The van der Waals surface area contributed by atoms with Gasteiger partial charge in [-0.25, -0.2) is 4.79 Å². The summed E-state index contributed by atoms with van der Waals surface area (Å²) in [6, 6.07) is 0. The van der Waals surface area contributed by atoms with Crippen molar-refractivity contribution in [2.75, 3.05) is 0 Å². The number of carboxylic acids is 1. The molecule has 2 atom stereocenters. The third-order valence-electron chi connectivity index (χ3n) is 1.36. The molecule has 0 saturated heterocycles. The fourth-order valence-corrected chi connectivity index (χ4v) is 0.777. The molecule has 0 aromatic rings. The van der Waals surface area contributed by atoms with Crippen LogP contribution in [-0.4, -0.2) is 33.5 Å². The van der Waals surface area contributed by atoms with E-state index in [1.54, 1.807) is 0 Å². The summed E-state index contributed by atoms with van der Waals surface area (Å²) in [5.41, 5.74) is 0.0863. The lowest BCUT2D eigenvalue weighted by atomic mass is 10.1. The molecule has 0 heterocycles. The van der Waals surface area contributed by atoms with Gasteiger partial charge in [-0.3, -0.25) is 0 Å². The first-order chi connectivity index (χ1) is 5.43. The summed E-state index contributed by atoms with van der Waals surface area (Å²) >= 11 is 0. The maximum Gasteiger partial charge on any atom is 0.331 e. The molecule has 4 heteroatoms. The summed E-state index contributed by atoms with van der Waals surface area (Å²) in [6.07, 6.45) is -0.140. The fourth-order valence-electron chi connectivity index (χ4n) is 0.777. The molecule has 4 nitrogen and oxygen atoms in total.